The highest BCUT2D eigenvalue weighted by Gasteiger charge is 2.09. The van der Waals surface area contributed by atoms with Crippen molar-refractivity contribution in [1.29, 1.82) is 0 Å². The number of nitrogens with one attached hydrogen (secondary N) is 1. The molecule has 2 aromatic rings. The van der Waals surface area contributed by atoms with Gasteiger partial charge in [-0.15, -0.1) is 0 Å². The van der Waals surface area contributed by atoms with Gasteiger partial charge in [-0.1, -0.05) is 59.6 Å². The molecule has 2 aromatic carbocycles. The van der Waals surface area contributed by atoms with E-state index >= 15 is 0 Å². The first-order chi connectivity index (χ1) is 10.2. The fourth-order valence-corrected chi connectivity index (χ4v) is 2.07. The van der Waals surface area contributed by atoms with Crippen LogP contribution in [0.2, 0.25) is 10.0 Å². The molecule has 4 nitrogen and oxygen atoms in total. The van der Waals surface area contributed by atoms with E-state index in [4.69, 9.17) is 32.8 Å². The first-order valence-electron chi connectivity index (χ1n) is 6.18. The van der Waals surface area contributed by atoms with Gasteiger partial charge in [-0.05, 0) is 17.7 Å². The minimum atomic E-state index is -0.429. The second kappa shape index (κ2) is 7.88. The molecule has 0 unspecified atom stereocenters. The summed E-state index contributed by atoms with van der Waals surface area (Å²) in [5, 5.41) is 0.695. The maximum absolute atomic E-state index is 11.6. The second-order valence-corrected chi connectivity index (χ2v) is 4.95. The largest absolute Gasteiger partial charge is 0.481 e. The summed E-state index contributed by atoms with van der Waals surface area (Å²) in [7, 11) is 0. The lowest BCUT2D eigenvalue weighted by Crippen LogP contribution is -2.29. The van der Waals surface area contributed by atoms with Crippen LogP contribution in [0, 0.1) is 0 Å². The Hall–Kier alpha value is -1.75. The smallest absolute Gasteiger partial charge is 0.281 e. The van der Waals surface area contributed by atoms with Crippen LogP contribution in [-0.2, 0) is 16.2 Å². The summed E-state index contributed by atoms with van der Waals surface area (Å²) in [6.45, 7) is 0.0394. The molecule has 0 aliphatic rings. The fourth-order valence-electron chi connectivity index (χ4n) is 1.56. The zero-order valence-corrected chi connectivity index (χ0v) is 12.5. The van der Waals surface area contributed by atoms with Crippen LogP contribution in [0.4, 0.5) is 0 Å². The topological polar surface area (TPSA) is 47.6 Å². The first-order valence-corrected chi connectivity index (χ1v) is 6.94. The fraction of sp³-hybridized carbons (Fsp3) is 0.133. The summed E-state index contributed by atoms with van der Waals surface area (Å²) in [6, 6.07) is 14.4. The summed E-state index contributed by atoms with van der Waals surface area (Å²) in [5.41, 5.74) is 3.24. The van der Waals surface area contributed by atoms with Crippen LogP contribution in [-0.4, -0.2) is 12.5 Å². The lowest BCUT2D eigenvalue weighted by molar-refractivity contribution is -0.136. The average Bonchev–Trinajstić information content (AvgIpc) is 2.48. The molecule has 6 heteroatoms. The minimum absolute atomic E-state index is 0.238. The number of halogens is 2. The molecule has 0 aromatic heterocycles. The molecule has 0 saturated carbocycles. The molecule has 2 rings (SSSR count). The first kappa shape index (κ1) is 15.6. The van der Waals surface area contributed by atoms with Crippen LogP contribution < -0.4 is 10.2 Å². The molecular weight excluding hydrogens is 313 g/mol. The molecule has 0 spiro atoms. The predicted octanol–water partition coefficient (Wildman–Crippen LogP) is 3.62. The number of hydrogen-bond acceptors (Lipinski definition) is 3. The Balaban J connectivity index is 1.75. The van der Waals surface area contributed by atoms with E-state index in [1.165, 1.54) is 0 Å². The van der Waals surface area contributed by atoms with Gasteiger partial charge in [0.15, 0.2) is 12.4 Å². The van der Waals surface area contributed by atoms with Gasteiger partial charge in [-0.25, -0.2) is 5.48 Å². The molecular formula is C15H13Cl2NO3. The molecule has 21 heavy (non-hydrogen) atoms. The predicted molar refractivity (Wildman–Crippen MR) is 81.3 cm³/mol. The summed E-state index contributed by atoms with van der Waals surface area (Å²) in [5.74, 6) is -0.152. The molecule has 0 bridgehead atoms. The number of hydrogen-bond donors (Lipinski definition) is 1. The molecule has 1 amide bonds. The molecule has 0 saturated heterocycles. The lowest BCUT2D eigenvalue weighted by Gasteiger charge is -2.10. The summed E-state index contributed by atoms with van der Waals surface area (Å²) in [6.07, 6.45) is 0. The van der Waals surface area contributed by atoms with Crippen molar-refractivity contribution in [2.75, 3.05) is 6.61 Å². The van der Waals surface area contributed by atoms with E-state index in [2.05, 4.69) is 5.48 Å². The Bertz CT molecular complexity index is 585. The number of amides is 1. The van der Waals surface area contributed by atoms with E-state index in [9.17, 15) is 4.79 Å². The number of para-hydroxylation sites is 1. The van der Waals surface area contributed by atoms with Crippen molar-refractivity contribution in [3.05, 3.63) is 64.1 Å². The Labute approximate surface area is 132 Å². The van der Waals surface area contributed by atoms with Gasteiger partial charge in [-0.2, -0.15) is 0 Å². The molecule has 0 radical (unpaired) electrons. The number of rotatable bonds is 6. The maximum atomic E-state index is 11.6. The average molecular weight is 326 g/mol. The van der Waals surface area contributed by atoms with Crippen LogP contribution >= 0.6 is 23.2 Å². The third-order valence-electron chi connectivity index (χ3n) is 2.53. The van der Waals surface area contributed by atoms with Crippen molar-refractivity contribution in [2.45, 2.75) is 6.61 Å². The van der Waals surface area contributed by atoms with E-state index < -0.39 is 5.91 Å². The van der Waals surface area contributed by atoms with E-state index in [1.54, 1.807) is 18.2 Å². The van der Waals surface area contributed by atoms with E-state index in [0.29, 0.717) is 10.0 Å². The van der Waals surface area contributed by atoms with Crippen molar-refractivity contribution >= 4 is 29.1 Å². The van der Waals surface area contributed by atoms with E-state index in [-0.39, 0.29) is 19.0 Å². The summed E-state index contributed by atoms with van der Waals surface area (Å²) < 4.78 is 5.28. The quantitative estimate of drug-likeness (QED) is 0.825. The Morgan fingerprint density at radius 1 is 1.00 bits per heavy atom. The molecule has 0 aliphatic heterocycles. The van der Waals surface area contributed by atoms with Crippen molar-refractivity contribution in [3.63, 3.8) is 0 Å². The number of carbonyl (C=O) groups is 1. The van der Waals surface area contributed by atoms with Crippen LogP contribution in [0.3, 0.4) is 0 Å². The van der Waals surface area contributed by atoms with Crippen molar-refractivity contribution in [1.82, 2.24) is 5.48 Å². The third kappa shape index (κ3) is 4.93. The van der Waals surface area contributed by atoms with Crippen molar-refractivity contribution in [2.24, 2.45) is 0 Å². The van der Waals surface area contributed by atoms with Crippen LogP contribution in [0.5, 0.6) is 5.75 Å². The van der Waals surface area contributed by atoms with Gasteiger partial charge in [-0.3, -0.25) is 9.63 Å². The van der Waals surface area contributed by atoms with E-state index in [1.807, 2.05) is 30.3 Å². The maximum Gasteiger partial charge on any atom is 0.281 e. The Kier molecular flexibility index (Phi) is 5.87. The van der Waals surface area contributed by atoms with Gasteiger partial charge >= 0.3 is 0 Å². The van der Waals surface area contributed by atoms with Crippen molar-refractivity contribution < 1.29 is 14.4 Å². The molecule has 110 valence electrons. The number of carbonyl (C=O) groups excluding carboxylic acids is 1. The zero-order chi connectivity index (χ0) is 15.1. The monoisotopic (exact) mass is 325 g/mol. The minimum Gasteiger partial charge on any atom is -0.481 e. The van der Waals surface area contributed by atoms with Gasteiger partial charge in [0.2, 0.25) is 0 Å². The van der Waals surface area contributed by atoms with Crippen LogP contribution in [0.15, 0.2) is 48.5 Å². The summed E-state index contributed by atoms with van der Waals surface area (Å²) in [4.78, 5) is 16.7. The highest BCUT2D eigenvalue weighted by Crippen LogP contribution is 2.32. The van der Waals surface area contributed by atoms with Gasteiger partial charge in [0.1, 0.15) is 0 Å². The Morgan fingerprint density at radius 3 is 2.33 bits per heavy atom. The molecule has 0 atom stereocenters. The molecule has 1 N–H and O–H groups in total. The molecule has 0 heterocycles. The van der Waals surface area contributed by atoms with Crippen molar-refractivity contribution in [3.8, 4) is 5.75 Å². The zero-order valence-electron chi connectivity index (χ0n) is 11.0. The van der Waals surface area contributed by atoms with Crippen LogP contribution in [0.25, 0.3) is 0 Å². The van der Waals surface area contributed by atoms with Gasteiger partial charge in [0.25, 0.3) is 5.91 Å². The standard InChI is InChI=1S/C15H13Cl2NO3/c16-12-7-4-8-13(17)15(12)20-10-14(19)18-21-9-11-5-2-1-3-6-11/h1-8H,9-10H2,(H,18,19). The highest BCUT2D eigenvalue weighted by molar-refractivity contribution is 6.37. The lowest BCUT2D eigenvalue weighted by atomic mass is 10.2. The molecule has 0 aliphatic carbocycles. The van der Waals surface area contributed by atoms with Gasteiger partial charge in [0, 0.05) is 0 Å². The second-order valence-electron chi connectivity index (χ2n) is 4.14. The third-order valence-corrected chi connectivity index (χ3v) is 3.13. The number of hydroxylamine groups is 1. The van der Waals surface area contributed by atoms with Gasteiger partial charge in [0.05, 0.1) is 16.7 Å². The van der Waals surface area contributed by atoms with Crippen LogP contribution in [0.1, 0.15) is 5.56 Å². The number of ether oxygens (including phenoxy) is 1. The number of benzene rings is 2. The van der Waals surface area contributed by atoms with E-state index in [0.717, 1.165) is 5.56 Å². The van der Waals surface area contributed by atoms with Gasteiger partial charge < -0.3 is 4.74 Å². The SMILES string of the molecule is O=C(COc1c(Cl)cccc1Cl)NOCc1ccccc1. The molecule has 0 fully saturated rings. The summed E-state index contributed by atoms with van der Waals surface area (Å²) >= 11 is 11.8. The highest BCUT2D eigenvalue weighted by atomic mass is 35.5. The normalized spacial score (nSPS) is 10.2. The Morgan fingerprint density at radius 2 is 1.67 bits per heavy atom.